The van der Waals surface area contributed by atoms with E-state index < -0.39 is 0 Å². The monoisotopic (exact) mass is 652 g/mol. The number of aromatic nitrogens is 1. The van der Waals surface area contributed by atoms with Gasteiger partial charge in [0, 0.05) is 39.2 Å². The summed E-state index contributed by atoms with van der Waals surface area (Å²) in [6.45, 7) is 0. The summed E-state index contributed by atoms with van der Waals surface area (Å²) in [7, 11) is 0. The molecular weight excluding hydrogens is 625 g/mol. The molecule has 2 aromatic heterocycles. The number of nitrogens with zero attached hydrogens (tertiary/aromatic N) is 2. The predicted octanol–water partition coefficient (Wildman–Crippen LogP) is 13.5. The number of anilines is 3. The maximum atomic E-state index is 6.60. The molecule has 0 N–H and O–H groups in total. The number of fused-ring (bicyclic) bond motifs is 10. The first-order chi connectivity index (χ1) is 25.3. The molecule has 0 aliphatic rings. The van der Waals surface area contributed by atoms with E-state index in [4.69, 9.17) is 13.8 Å². The fraction of sp³-hybridized carbons (Fsp3) is 0. The Morgan fingerprint density at radius 3 is 1.98 bits per heavy atom. The van der Waals surface area contributed by atoms with E-state index in [1.54, 1.807) is 0 Å². The Balaban J connectivity index is 1.09. The van der Waals surface area contributed by atoms with Crippen molar-refractivity contribution in [1.29, 1.82) is 0 Å². The Morgan fingerprint density at radius 1 is 0.392 bits per heavy atom. The summed E-state index contributed by atoms with van der Waals surface area (Å²) < 4.78 is 13.0. The summed E-state index contributed by atoms with van der Waals surface area (Å²) in [4.78, 5) is 7.27. The lowest BCUT2D eigenvalue weighted by molar-refractivity contribution is 0.620. The largest absolute Gasteiger partial charge is 0.456 e. The van der Waals surface area contributed by atoms with Crippen molar-refractivity contribution in [1.82, 2.24) is 4.98 Å². The van der Waals surface area contributed by atoms with Crippen LogP contribution in [0.15, 0.2) is 179 Å². The lowest BCUT2D eigenvalue weighted by Gasteiger charge is -2.27. The molecule has 0 saturated heterocycles. The van der Waals surface area contributed by atoms with Crippen molar-refractivity contribution >= 4 is 93.2 Å². The van der Waals surface area contributed by atoms with E-state index in [0.717, 1.165) is 66.4 Å². The van der Waals surface area contributed by atoms with Crippen molar-refractivity contribution in [2.75, 3.05) is 4.90 Å². The van der Waals surface area contributed by atoms with E-state index in [0.29, 0.717) is 5.89 Å². The molecule has 0 radical (unpaired) electrons. The molecule has 11 aromatic rings. The van der Waals surface area contributed by atoms with Gasteiger partial charge in [-0.3, -0.25) is 0 Å². The standard InChI is InChI=1S/C47H28N2O2/c1-2-13-32(14-3-1)49(42-18-8-16-35-37-22-20-29-10-6-7-15-34(29)36(37)24-25-38(35)42)33-21-23-39-44(28-33)50-43-19-9-17-40(46(39)43)47-48-41-26-30-11-4-5-12-31(30)27-45(41)51-47/h1-28H. The van der Waals surface area contributed by atoms with Crippen molar-refractivity contribution < 1.29 is 8.83 Å². The van der Waals surface area contributed by atoms with E-state index in [1.165, 1.54) is 32.3 Å². The molecule has 0 saturated carbocycles. The van der Waals surface area contributed by atoms with Gasteiger partial charge in [-0.2, -0.15) is 0 Å². The predicted molar refractivity (Wildman–Crippen MR) is 211 cm³/mol. The summed E-state index contributed by atoms with van der Waals surface area (Å²) in [5.74, 6) is 0.583. The highest BCUT2D eigenvalue weighted by Crippen LogP contribution is 2.44. The van der Waals surface area contributed by atoms with Crippen LogP contribution in [0.25, 0.3) is 87.6 Å². The zero-order valence-corrected chi connectivity index (χ0v) is 27.4. The fourth-order valence-corrected chi connectivity index (χ4v) is 7.90. The molecule has 0 unspecified atom stereocenters. The highest BCUT2D eigenvalue weighted by Gasteiger charge is 2.21. The highest BCUT2D eigenvalue weighted by molar-refractivity contribution is 6.20. The minimum atomic E-state index is 0.583. The van der Waals surface area contributed by atoms with Crippen molar-refractivity contribution in [3.63, 3.8) is 0 Å². The molecule has 0 aliphatic carbocycles. The van der Waals surface area contributed by atoms with Gasteiger partial charge in [0.1, 0.15) is 16.7 Å². The Morgan fingerprint density at radius 2 is 1.08 bits per heavy atom. The topological polar surface area (TPSA) is 42.4 Å². The van der Waals surface area contributed by atoms with Crippen LogP contribution in [0, 0.1) is 0 Å². The molecular formula is C47H28N2O2. The van der Waals surface area contributed by atoms with Gasteiger partial charge in [0.2, 0.25) is 5.89 Å². The molecule has 51 heavy (non-hydrogen) atoms. The number of hydrogen-bond acceptors (Lipinski definition) is 4. The second-order valence-electron chi connectivity index (χ2n) is 13.1. The highest BCUT2D eigenvalue weighted by atomic mass is 16.3. The van der Waals surface area contributed by atoms with Gasteiger partial charge in [0.25, 0.3) is 0 Å². The van der Waals surface area contributed by atoms with E-state index in [9.17, 15) is 0 Å². The molecule has 0 amide bonds. The molecule has 4 heteroatoms. The van der Waals surface area contributed by atoms with Gasteiger partial charge >= 0.3 is 0 Å². The van der Waals surface area contributed by atoms with Gasteiger partial charge in [-0.05, 0) is 92.3 Å². The minimum absolute atomic E-state index is 0.583. The van der Waals surface area contributed by atoms with Crippen LogP contribution in [0.4, 0.5) is 17.1 Å². The van der Waals surface area contributed by atoms with Crippen LogP contribution in [0.5, 0.6) is 0 Å². The molecule has 238 valence electrons. The van der Waals surface area contributed by atoms with Crippen molar-refractivity contribution in [2.45, 2.75) is 0 Å². The summed E-state index contributed by atoms with van der Waals surface area (Å²) >= 11 is 0. The van der Waals surface area contributed by atoms with Gasteiger partial charge in [0.15, 0.2) is 5.58 Å². The first kappa shape index (κ1) is 28.0. The van der Waals surface area contributed by atoms with Crippen LogP contribution in [0.3, 0.4) is 0 Å². The Labute approximate surface area is 292 Å². The van der Waals surface area contributed by atoms with Gasteiger partial charge in [-0.1, -0.05) is 109 Å². The number of oxazole rings is 1. The first-order valence-electron chi connectivity index (χ1n) is 17.2. The summed E-state index contributed by atoms with van der Waals surface area (Å²) in [5, 5.41) is 11.7. The van der Waals surface area contributed by atoms with Crippen LogP contribution in [-0.4, -0.2) is 4.98 Å². The molecule has 0 spiro atoms. The molecule has 4 nitrogen and oxygen atoms in total. The van der Waals surface area contributed by atoms with Gasteiger partial charge in [-0.25, -0.2) is 4.98 Å². The number of furan rings is 1. The van der Waals surface area contributed by atoms with E-state index in [1.807, 2.05) is 24.3 Å². The lowest BCUT2D eigenvalue weighted by atomic mass is 9.96. The van der Waals surface area contributed by atoms with Gasteiger partial charge < -0.3 is 13.7 Å². The van der Waals surface area contributed by atoms with Crippen LogP contribution in [0.1, 0.15) is 0 Å². The number of para-hydroxylation sites is 1. The summed E-state index contributed by atoms with van der Waals surface area (Å²) in [6.07, 6.45) is 0. The average molecular weight is 653 g/mol. The molecule has 0 atom stereocenters. The number of hydrogen-bond donors (Lipinski definition) is 0. The molecule has 0 bridgehead atoms. The van der Waals surface area contributed by atoms with Gasteiger partial charge in [-0.15, -0.1) is 0 Å². The summed E-state index contributed by atoms with van der Waals surface area (Å²) in [6, 6.07) is 59.8. The molecule has 0 aliphatic heterocycles. The Kier molecular flexibility index (Phi) is 5.92. The molecule has 9 aromatic carbocycles. The third-order valence-electron chi connectivity index (χ3n) is 10.2. The average Bonchev–Trinajstić information content (AvgIpc) is 3.78. The van der Waals surface area contributed by atoms with E-state index in [2.05, 4.69) is 150 Å². The maximum absolute atomic E-state index is 6.60. The molecule has 0 fully saturated rings. The quantitative estimate of drug-likeness (QED) is 0.177. The van der Waals surface area contributed by atoms with Crippen molar-refractivity contribution in [2.24, 2.45) is 0 Å². The number of benzene rings is 9. The van der Waals surface area contributed by atoms with Crippen LogP contribution in [-0.2, 0) is 0 Å². The molecule has 2 heterocycles. The molecule has 11 rings (SSSR count). The second-order valence-corrected chi connectivity index (χ2v) is 13.1. The smallest absolute Gasteiger partial charge is 0.228 e. The fourth-order valence-electron chi connectivity index (χ4n) is 7.90. The Bertz CT molecular complexity index is 3100. The zero-order chi connectivity index (χ0) is 33.5. The summed E-state index contributed by atoms with van der Waals surface area (Å²) in [5.41, 5.74) is 7.29. The van der Waals surface area contributed by atoms with Crippen molar-refractivity contribution in [3.8, 4) is 11.5 Å². The third-order valence-corrected chi connectivity index (χ3v) is 10.2. The van der Waals surface area contributed by atoms with Crippen LogP contribution in [0.2, 0.25) is 0 Å². The minimum Gasteiger partial charge on any atom is -0.456 e. The van der Waals surface area contributed by atoms with E-state index >= 15 is 0 Å². The van der Waals surface area contributed by atoms with Crippen LogP contribution < -0.4 is 4.90 Å². The number of rotatable bonds is 4. The maximum Gasteiger partial charge on any atom is 0.228 e. The zero-order valence-electron chi connectivity index (χ0n) is 27.4. The Hall–Kier alpha value is -6.91. The second kappa shape index (κ2) is 10.8. The van der Waals surface area contributed by atoms with Gasteiger partial charge in [0.05, 0.1) is 5.69 Å². The third kappa shape index (κ3) is 4.30. The van der Waals surface area contributed by atoms with Crippen LogP contribution >= 0.6 is 0 Å². The SMILES string of the molecule is c1ccc(N(c2ccc3c(c2)oc2cccc(-c4nc5cc6ccccc6cc5o4)c23)c2cccc3c2ccc2c4ccccc4ccc32)cc1. The lowest BCUT2D eigenvalue weighted by Crippen LogP contribution is -2.10. The van der Waals surface area contributed by atoms with Crippen molar-refractivity contribution in [3.05, 3.63) is 170 Å². The normalized spacial score (nSPS) is 11.9. The first-order valence-corrected chi connectivity index (χ1v) is 17.2. The van der Waals surface area contributed by atoms with E-state index in [-0.39, 0.29) is 0 Å².